The molecule has 0 amide bonds. The minimum atomic E-state index is 0.294. The molecule has 0 saturated carbocycles. The fourth-order valence-corrected chi connectivity index (χ4v) is 4.21. The van der Waals surface area contributed by atoms with E-state index in [0.29, 0.717) is 33.3 Å². The first-order valence-corrected chi connectivity index (χ1v) is 11.7. The van der Waals surface area contributed by atoms with Crippen LogP contribution in [0.15, 0.2) is 83.3 Å². The van der Waals surface area contributed by atoms with E-state index in [1.165, 1.54) is 5.56 Å². The summed E-state index contributed by atoms with van der Waals surface area (Å²) in [6.07, 6.45) is 3.30. The molecule has 0 bridgehead atoms. The summed E-state index contributed by atoms with van der Waals surface area (Å²) >= 11 is 13.8. The standard InChI is InChI=1S/C24H20Cl2N4O2S/c1-31-23-11-18(7-10-22(23)32-14-19-8-9-20(25)12-21(19)26)13-28-30-16-27-29-24(30)33-15-17-5-3-2-4-6-17/h2-13,16H,14-15H2,1H3/b28-13+. The maximum Gasteiger partial charge on any atom is 0.212 e. The first-order valence-electron chi connectivity index (χ1n) is 9.98. The van der Waals surface area contributed by atoms with Crippen molar-refractivity contribution in [2.75, 3.05) is 7.11 Å². The van der Waals surface area contributed by atoms with Gasteiger partial charge in [0.05, 0.1) is 13.3 Å². The van der Waals surface area contributed by atoms with E-state index in [2.05, 4.69) is 27.4 Å². The molecule has 0 unspecified atom stereocenters. The molecule has 33 heavy (non-hydrogen) atoms. The Hall–Kier alpha value is -3.00. The van der Waals surface area contributed by atoms with E-state index in [1.54, 1.807) is 48.2 Å². The monoisotopic (exact) mass is 498 g/mol. The highest BCUT2D eigenvalue weighted by Crippen LogP contribution is 2.30. The highest BCUT2D eigenvalue weighted by Gasteiger charge is 2.09. The van der Waals surface area contributed by atoms with E-state index in [-0.39, 0.29) is 0 Å². The lowest BCUT2D eigenvalue weighted by atomic mass is 10.2. The summed E-state index contributed by atoms with van der Waals surface area (Å²) in [5.74, 6) is 1.97. The van der Waals surface area contributed by atoms with Crippen LogP contribution < -0.4 is 9.47 Å². The van der Waals surface area contributed by atoms with Gasteiger partial charge >= 0.3 is 0 Å². The van der Waals surface area contributed by atoms with E-state index in [9.17, 15) is 0 Å². The number of halogens is 2. The van der Waals surface area contributed by atoms with Crippen LogP contribution in [0, 0.1) is 0 Å². The fourth-order valence-electron chi connectivity index (χ4n) is 2.92. The van der Waals surface area contributed by atoms with Crippen molar-refractivity contribution in [2.45, 2.75) is 17.5 Å². The Morgan fingerprint density at radius 3 is 2.67 bits per heavy atom. The molecule has 1 aromatic heterocycles. The highest BCUT2D eigenvalue weighted by atomic mass is 35.5. The lowest BCUT2D eigenvalue weighted by Gasteiger charge is -2.12. The minimum absolute atomic E-state index is 0.294. The molecule has 4 aromatic rings. The highest BCUT2D eigenvalue weighted by molar-refractivity contribution is 7.98. The van der Waals surface area contributed by atoms with Crippen LogP contribution in [0.5, 0.6) is 11.5 Å². The van der Waals surface area contributed by atoms with Gasteiger partial charge in [-0.05, 0) is 41.5 Å². The van der Waals surface area contributed by atoms with Crippen LogP contribution in [-0.2, 0) is 12.4 Å². The first-order chi connectivity index (χ1) is 16.1. The molecule has 3 aromatic carbocycles. The van der Waals surface area contributed by atoms with Gasteiger partial charge in [0, 0.05) is 21.4 Å². The summed E-state index contributed by atoms with van der Waals surface area (Å²) in [7, 11) is 1.59. The zero-order valence-corrected chi connectivity index (χ0v) is 20.0. The van der Waals surface area contributed by atoms with Crippen LogP contribution in [0.4, 0.5) is 0 Å². The average molecular weight is 499 g/mol. The lowest BCUT2D eigenvalue weighted by Crippen LogP contribution is -1.99. The summed E-state index contributed by atoms with van der Waals surface area (Å²) in [5, 5.41) is 14.5. The minimum Gasteiger partial charge on any atom is -0.493 e. The molecule has 0 aliphatic heterocycles. The Bertz CT molecular complexity index is 1250. The molecule has 0 radical (unpaired) electrons. The number of aromatic nitrogens is 3. The van der Waals surface area contributed by atoms with Crippen LogP contribution in [0.3, 0.4) is 0 Å². The number of benzene rings is 3. The van der Waals surface area contributed by atoms with Crippen LogP contribution in [0.25, 0.3) is 0 Å². The van der Waals surface area contributed by atoms with Gasteiger partial charge in [0.15, 0.2) is 11.5 Å². The SMILES string of the molecule is COc1cc(/C=N/n2cnnc2SCc2ccccc2)ccc1OCc1ccc(Cl)cc1Cl. The third kappa shape index (κ3) is 6.28. The number of nitrogens with zero attached hydrogens (tertiary/aromatic N) is 4. The second-order valence-electron chi connectivity index (χ2n) is 6.91. The van der Waals surface area contributed by atoms with Crippen LogP contribution in [0.1, 0.15) is 16.7 Å². The summed E-state index contributed by atoms with van der Waals surface area (Å²) in [4.78, 5) is 0. The first kappa shape index (κ1) is 23.2. The average Bonchev–Trinajstić information content (AvgIpc) is 3.29. The molecule has 0 N–H and O–H groups in total. The predicted octanol–water partition coefficient (Wildman–Crippen LogP) is 6.35. The van der Waals surface area contributed by atoms with Crippen molar-refractivity contribution in [3.05, 3.63) is 99.8 Å². The zero-order chi connectivity index (χ0) is 23.0. The summed E-state index contributed by atoms with van der Waals surface area (Å²) < 4.78 is 13.0. The molecule has 1 heterocycles. The summed E-state index contributed by atoms with van der Waals surface area (Å²) in [6, 6.07) is 21.1. The molecule has 168 valence electrons. The molecule has 0 fully saturated rings. The van der Waals surface area contributed by atoms with Gasteiger partial charge in [-0.1, -0.05) is 71.4 Å². The van der Waals surface area contributed by atoms with Gasteiger partial charge < -0.3 is 9.47 Å². The topological polar surface area (TPSA) is 61.5 Å². The van der Waals surface area contributed by atoms with Gasteiger partial charge in [-0.25, -0.2) is 0 Å². The van der Waals surface area contributed by atoms with Crippen LogP contribution in [-0.4, -0.2) is 28.2 Å². The van der Waals surface area contributed by atoms with Gasteiger partial charge in [-0.3, -0.25) is 0 Å². The van der Waals surface area contributed by atoms with E-state index >= 15 is 0 Å². The van der Waals surface area contributed by atoms with Gasteiger partial charge in [-0.15, -0.1) is 10.2 Å². The molecule has 9 heteroatoms. The van der Waals surface area contributed by atoms with Crippen molar-refractivity contribution in [1.82, 2.24) is 14.9 Å². The summed E-state index contributed by atoms with van der Waals surface area (Å²) in [6.45, 7) is 0.294. The van der Waals surface area contributed by atoms with Crippen LogP contribution in [0.2, 0.25) is 10.0 Å². The van der Waals surface area contributed by atoms with E-state index in [0.717, 1.165) is 16.9 Å². The van der Waals surface area contributed by atoms with E-state index < -0.39 is 0 Å². The molecular weight excluding hydrogens is 479 g/mol. The zero-order valence-electron chi connectivity index (χ0n) is 17.7. The number of thioether (sulfide) groups is 1. The van der Waals surface area contributed by atoms with Crippen LogP contribution >= 0.6 is 35.0 Å². The Kier molecular flexibility index (Phi) is 7.88. The van der Waals surface area contributed by atoms with Crippen molar-refractivity contribution in [1.29, 1.82) is 0 Å². The Labute approximate surface area is 206 Å². The third-order valence-electron chi connectivity index (χ3n) is 4.63. The molecule has 4 rings (SSSR count). The number of hydrogen-bond donors (Lipinski definition) is 0. The number of hydrogen-bond acceptors (Lipinski definition) is 6. The van der Waals surface area contributed by atoms with Crippen molar-refractivity contribution in [3.63, 3.8) is 0 Å². The van der Waals surface area contributed by atoms with Gasteiger partial charge in [0.2, 0.25) is 5.16 Å². The maximum atomic E-state index is 6.23. The predicted molar refractivity (Wildman–Crippen MR) is 133 cm³/mol. The Balaban J connectivity index is 1.42. The van der Waals surface area contributed by atoms with Gasteiger partial charge in [0.1, 0.15) is 12.9 Å². The lowest BCUT2D eigenvalue weighted by molar-refractivity contribution is 0.284. The second kappa shape index (κ2) is 11.2. The molecule has 0 saturated heterocycles. The maximum absolute atomic E-state index is 6.23. The van der Waals surface area contributed by atoms with E-state index in [1.807, 2.05) is 42.5 Å². The third-order valence-corrected chi connectivity index (χ3v) is 6.22. The molecule has 0 atom stereocenters. The molecular formula is C24H20Cl2N4O2S. The number of rotatable bonds is 9. The van der Waals surface area contributed by atoms with Crippen molar-refractivity contribution >= 4 is 41.2 Å². The van der Waals surface area contributed by atoms with Gasteiger partial charge in [0.25, 0.3) is 0 Å². The quantitative estimate of drug-likeness (QED) is 0.199. The van der Waals surface area contributed by atoms with E-state index in [4.69, 9.17) is 32.7 Å². The molecule has 0 aliphatic rings. The molecule has 0 aliphatic carbocycles. The number of methoxy groups -OCH3 is 1. The second-order valence-corrected chi connectivity index (χ2v) is 8.70. The Morgan fingerprint density at radius 2 is 1.88 bits per heavy atom. The molecule has 6 nitrogen and oxygen atoms in total. The normalized spacial score (nSPS) is 11.1. The number of ether oxygens (including phenoxy) is 2. The largest absolute Gasteiger partial charge is 0.493 e. The smallest absolute Gasteiger partial charge is 0.212 e. The van der Waals surface area contributed by atoms with Crippen molar-refractivity contribution in [3.8, 4) is 11.5 Å². The fraction of sp³-hybridized carbons (Fsp3) is 0.125. The van der Waals surface area contributed by atoms with Crippen molar-refractivity contribution < 1.29 is 9.47 Å². The molecule has 0 spiro atoms. The summed E-state index contributed by atoms with van der Waals surface area (Å²) in [5.41, 5.74) is 2.89. The van der Waals surface area contributed by atoms with Crippen molar-refractivity contribution in [2.24, 2.45) is 5.10 Å². The van der Waals surface area contributed by atoms with Gasteiger partial charge in [-0.2, -0.15) is 9.78 Å². The Morgan fingerprint density at radius 1 is 1.03 bits per heavy atom.